The SMILES string of the molecule is CCCNC(=O)C1CN(S(=O)(=O)c2ccccc2F)c2ccccc2O1. The van der Waals surface area contributed by atoms with Gasteiger partial charge >= 0.3 is 0 Å². The number of para-hydroxylation sites is 2. The average Bonchev–Trinajstić information content (AvgIpc) is 2.65. The van der Waals surface area contributed by atoms with Gasteiger partial charge in [0.1, 0.15) is 16.5 Å². The van der Waals surface area contributed by atoms with Crippen molar-refractivity contribution in [2.24, 2.45) is 0 Å². The Morgan fingerprint density at radius 3 is 2.65 bits per heavy atom. The first-order valence-electron chi connectivity index (χ1n) is 8.26. The second-order valence-corrected chi connectivity index (χ2v) is 7.66. The number of hydrogen-bond donors (Lipinski definition) is 1. The summed E-state index contributed by atoms with van der Waals surface area (Å²) >= 11 is 0. The van der Waals surface area contributed by atoms with E-state index in [9.17, 15) is 17.6 Å². The van der Waals surface area contributed by atoms with Crippen LogP contribution in [0.4, 0.5) is 10.1 Å². The maximum absolute atomic E-state index is 14.1. The molecule has 0 saturated carbocycles. The number of carbonyl (C=O) groups excluding carboxylic acids is 1. The van der Waals surface area contributed by atoms with Crippen molar-refractivity contribution in [2.45, 2.75) is 24.3 Å². The number of nitrogens with one attached hydrogen (secondary N) is 1. The maximum Gasteiger partial charge on any atom is 0.267 e. The van der Waals surface area contributed by atoms with Gasteiger partial charge in [-0.15, -0.1) is 0 Å². The van der Waals surface area contributed by atoms with Crippen LogP contribution < -0.4 is 14.4 Å². The number of ether oxygens (including phenoxy) is 1. The van der Waals surface area contributed by atoms with Crippen LogP contribution in [0.1, 0.15) is 13.3 Å². The zero-order valence-electron chi connectivity index (χ0n) is 14.2. The minimum absolute atomic E-state index is 0.233. The van der Waals surface area contributed by atoms with Gasteiger partial charge in [0.15, 0.2) is 6.10 Å². The molecule has 1 aliphatic heterocycles. The molecule has 8 heteroatoms. The lowest BCUT2D eigenvalue weighted by atomic mass is 10.2. The van der Waals surface area contributed by atoms with E-state index in [1.807, 2.05) is 6.92 Å². The van der Waals surface area contributed by atoms with Crippen molar-refractivity contribution in [1.29, 1.82) is 0 Å². The van der Waals surface area contributed by atoms with Gasteiger partial charge in [-0.05, 0) is 30.7 Å². The van der Waals surface area contributed by atoms with E-state index < -0.39 is 32.7 Å². The number of amides is 1. The molecule has 26 heavy (non-hydrogen) atoms. The van der Waals surface area contributed by atoms with Crippen molar-refractivity contribution in [3.8, 4) is 5.75 Å². The lowest BCUT2D eigenvalue weighted by molar-refractivity contribution is -0.127. The van der Waals surface area contributed by atoms with Gasteiger partial charge in [-0.25, -0.2) is 12.8 Å². The van der Waals surface area contributed by atoms with Gasteiger partial charge in [-0.1, -0.05) is 31.2 Å². The highest BCUT2D eigenvalue weighted by Gasteiger charge is 2.38. The van der Waals surface area contributed by atoms with Crippen LogP contribution >= 0.6 is 0 Å². The number of carbonyl (C=O) groups is 1. The van der Waals surface area contributed by atoms with Gasteiger partial charge in [0, 0.05) is 6.54 Å². The van der Waals surface area contributed by atoms with Gasteiger partial charge in [0.25, 0.3) is 15.9 Å². The normalized spacial score (nSPS) is 16.5. The fourth-order valence-corrected chi connectivity index (χ4v) is 4.24. The van der Waals surface area contributed by atoms with E-state index in [-0.39, 0.29) is 18.0 Å². The lowest BCUT2D eigenvalue weighted by Gasteiger charge is -2.34. The molecule has 1 atom stereocenters. The van der Waals surface area contributed by atoms with Crippen molar-refractivity contribution in [3.63, 3.8) is 0 Å². The smallest absolute Gasteiger partial charge is 0.267 e. The van der Waals surface area contributed by atoms with Crippen LogP contribution in [0.2, 0.25) is 0 Å². The van der Waals surface area contributed by atoms with Crippen molar-refractivity contribution in [2.75, 3.05) is 17.4 Å². The largest absolute Gasteiger partial charge is 0.476 e. The van der Waals surface area contributed by atoms with Gasteiger partial charge < -0.3 is 10.1 Å². The monoisotopic (exact) mass is 378 g/mol. The standard InChI is InChI=1S/C18H19FN2O4S/c1-2-11-20-18(22)16-12-21(14-8-4-5-9-15(14)25-16)26(23,24)17-10-6-3-7-13(17)19/h3-10,16H,2,11-12H2,1H3,(H,20,22). The summed E-state index contributed by atoms with van der Waals surface area (Å²) in [4.78, 5) is 11.9. The van der Waals surface area contributed by atoms with Crippen molar-refractivity contribution >= 4 is 21.6 Å². The Balaban J connectivity index is 2.02. The number of rotatable bonds is 5. The fourth-order valence-electron chi connectivity index (χ4n) is 2.70. The van der Waals surface area contributed by atoms with Crippen LogP contribution in [0, 0.1) is 5.82 Å². The quantitative estimate of drug-likeness (QED) is 0.866. The van der Waals surface area contributed by atoms with Crippen LogP contribution in [0.15, 0.2) is 53.4 Å². The predicted octanol–water partition coefficient (Wildman–Crippen LogP) is 2.31. The van der Waals surface area contributed by atoms with E-state index in [0.717, 1.165) is 16.8 Å². The summed E-state index contributed by atoms with van der Waals surface area (Å²) in [5.41, 5.74) is 0.273. The summed E-state index contributed by atoms with van der Waals surface area (Å²) in [6, 6.07) is 11.6. The Morgan fingerprint density at radius 2 is 1.92 bits per heavy atom. The van der Waals surface area contributed by atoms with Crippen molar-refractivity contribution in [1.82, 2.24) is 5.32 Å². The third-order valence-electron chi connectivity index (χ3n) is 3.98. The Kier molecular flexibility index (Phi) is 5.13. The molecule has 0 fully saturated rings. The van der Waals surface area contributed by atoms with Crippen molar-refractivity contribution in [3.05, 3.63) is 54.3 Å². The zero-order valence-corrected chi connectivity index (χ0v) is 15.0. The van der Waals surface area contributed by atoms with E-state index in [2.05, 4.69) is 5.32 Å². The number of fused-ring (bicyclic) bond motifs is 1. The first-order chi connectivity index (χ1) is 12.4. The van der Waals surface area contributed by atoms with E-state index in [1.165, 1.54) is 18.2 Å². The number of benzene rings is 2. The van der Waals surface area contributed by atoms with Gasteiger partial charge in [-0.2, -0.15) is 0 Å². The van der Waals surface area contributed by atoms with E-state index in [0.29, 0.717) is 6.54 Å². The van der Waals surface area contributed by atoms with Gasteiger partial charge in [0.2, 0.25) is 0 Å². The lowest BCUT2D eigenvalue weighted by Crippen LogP contribution is -2.50. The second-order valence-electron chi connectivity index (χ2n) is 5.83. The van der Waals surface area contributed by atoms with Crippen LogP contribution in [-0.2, 0) is 14.8 Å². The third kappa shape index (κ3) is 3.37. The molecule has 3 rings (SSSR count). The first-order valence-corrected chi connectivity index (χ1v) is 9.70. The van der Waals surface area contributed by atoms with E-state index in [4.69, 9.17) is 4.74 Å². The highest BCUT2D eigenvalue weighted by molar-refractivity contribution is 7.92. The highest BCUT2D eigenvalue weighted by Crippen LogP contribution is 2.37. The van der Waals surface area contributed by atoms with Crippen LogP contribution in [0.5, 0.6) is 5.75 Å². The van der Waals surface area contributed by atoms with Crippen molar-refractivity contribution < 1.29 is 22.3 Å². The molecule has 6 nitrogen and oxygen atoms in total. The number of sulfonamides is 1. The molecule has 1 heterocycles. The molecule has 0 bridgehead atoms. The average molecular weight is 378 g/mol. The Bertz CT molecular complexity index is 917. The molecule has 2 aromatic carbocycles. The molecule has 1 N–H and O–H groups in total. The first kappa shape index (κ1) is 18.2. The fraction of sp³-hybridized carbons (Fsp3) is 0.278. The summed E-state index contributed by atoms with van der Waals surface area (Å²) in [6.45, 7) is 2.13. The molecule has 1 unspecified atom stereocenters. The molecule has 1 amide bonds. The molecule has 2 aromatic rings. The van der Waals surface area contributed by atoms with Crippen LogP contribution in [0.3, 0.4) is 0 Å². The summed E-state index contributed by atoms with van der Waals surface area (Å²) in [7, 11) is -4.19. The van der Waals surface area contributed by atoms with Crippen LogP contribution in [0.25, 0.3) is 0 Å². The number of halogens is 1. The molecule has 0 radical (unpaired) electrons. The molecule has 0 aromatic heterocycles. The molecular formula is C18H19FN2O4S. The second kappa shape index (κ2) is 7.33. The minimum atomic E-state index is -4.19. The molecule has 1 aliphatic rings. The Hall–Kier alpha value is -2.61. The van der Waals surface area contributed by atoms with Gasteiger partial charge in [0.05, 0.1) is 12.2 Å². The third-order valence-corrected chi connectivity index (χ3v) is 5.79. The summed E-state index contributed by atoms with van der Waals surface area (Å²) in [6.07, 6.45) is -0.273. The summed E-state index contributed by atoms with van der Waals surface area (Å²) in [5, 5.41) is 2.70. The summed E-state index contributed by atoms with van der Waals surface area (Å²) in [5.74, 6) is -0.992. The highest BCUT2D eigenvalue weighted by atomic mass is 32.2. The molecule has 138 valence electrons. The number of nitrogens with zero attached hydrogens (tertiary/aromatic N) is 1. The van der Waals surface area contributed by atoms with Crippen LogP contribution in [-0.4, -0.2) is 33.5 Å². The zero-order chi connectivity index (χ0) is 18.7. The topological polar surface area (TPSA) is 75.7 Å². The van der Waals surface area contributed by atoms with Gasteiger partial charge in [-0.3, -0.25) is 9.10 Å². The summed E-state index contributed by atoms with van der Waals surface area (Å²) < 4.78 is 46.9. The number of anilines is 1. The molecule has 0 spiro atoms. The van der Waals surface area contributed by atoms with E-state index >= 15 is 0 Å². The maximum atomic E-state index is 14.1. The Morgan fingerprint density at radius 1 is 1.23 bits per heavy atom. The van der Waals surface area contributed by atoms with E-state index in [1.54, 1.807) is 24.3 Å². The molecular weight excluding hydrogens is 359 g/mol. The predicted molar refractivity (Wildman–Crippen MR) is 95.1 cm³/mol. The Labute approximate surface area is 151 Å². The molecule has 0 aliphatic carbocycles. The minimum Gasteiger partial charge on any atom is -0.476 e. The number of hydrogen-bond acceptors (Lipinski definition) is 4. The molecule has 0 saturated heterocycles.